The molecular formula is C103H143F2N21O20. The summed E-state index contributed by atoms with van der Waals surface area (Å²) in [7, 11) is 0. The highest BCUT2D eigenvalue weighted by Gasteiger charge is 2.37. The van der Waals surface area contributed by atoms with Crippen molar-refractivity contribution in [1.29, 1.82) is 0 Å². The molecule has 4 amide bonds. The van der Waals surface area contributed by atoms with Crippen LogP contribution in [0.15, 0.2) is 104 Å². The first-order valence-electron chi connectivity index (χ1n) is 50.0. The second-order valence-electron chi connectivity index (χ2n) is 37.6. The number of fused-ring (bicyclic) bond motifs is 3. The number of halogens is 2. The van der Waals surface area contributed by atoms with Gasteiger partial charge in [0, 0.05) is 219 Å². The zero-order valence-corrected chi connectivity index (χ0v) is 84.9. The number of carbonyl (C=O) groups excluding carboxylic acids is 4. The summed E-state index contributed by atoms with van der Waals surface area (Å²) in [6, 6.07) is 26.5. The second kappa shape index (κ2) is 54.3. The van der Waals surface area contributed by atoms with Gasteiger partial charge in [-0.2, -0.15) is 15.3 Å². The number of ether oxygens (including phenoxy) is 4. The smallest absolute Gasteiger partial charge is 0.410 e. The number of hydrogen-bond acceptors (Lipinski definition) is 31. The van der Waals surface area contributed by atoms with Crippen molar-refractivity contribution < 1.29 is 107 Å². The number of piperazine rings is 2. The van der Waals surface area contributed by atoms with Crippen LogP contribution in [0.3, 0.4) is 0 Å². The van der Waals surface area contributed by atoms with Crippen molar-refractivity contribution in [3.8, 4) is 22.3 Å². The molecule has 6 aromatic heterocycles. The first kappa shape index (κ1) is 114. The maximum atomic E-state index is 15.1. The zero-order chi connectivity index (χ0) is 106. The highest BCUT2D eigenvalue weighted by atomic mass is 19.1. The van der Waals surface area contributed by atoms with E-state index < -0.39 is 83.7 Å². The minimum absolute atomic E-state index is 0.00707. The fourth-order valence-corrected chi connectivity index (χ4v) is 18.0. The Labute approximate surface area is 846 Å². The van der Waals surface area contributed by atoms with Crippen LogP contribution in [-0.4, -0.2) is 298 Å². The summed E-state index contributed by atoms with van der Waals surface area (Å²) in [5, 5.41) is 120. The molecule has 5 aliphatic rings. The van der Waals surface area contributed by atoms with Gasteiger partial charge in [0.2, 0.25) is 0 Å². The molecule has 41 nitrogen and oxygen atoms in total. The second-order valence-corrected chi connectivity index (χ2v) is 37.6. The van der Waals surface area contributed by atoms with Crippen molar-refractivity contribution in [3.05, 3.63) is 171 Å². The van der Waals surface area contributed by atoms with Crippen LogP contribution in [0, 0.1) is 11.6 Å². The molecule has 43 heteroatoms. The van der Waals surface area contributed by atoms with Gasteiger partial charge in [-0.05, 0) is 183 Å². The number of aryl methyl sites for hydroxylation is 6. The van der Waals surface area contributed by atoms with Crippen molar-refractivity contribution in [1.82, 2.24) is 80.3 Å². The van der Waals surface area contributed by atoms with E-state index in [1.165, 1.54) is 12.1 Å². The van der Waals surface area contributed by atoms with Crippen LogP contribution < -0.4 is 48.7 Å². The Kier molecular flexibility index (Phi) is 42.3. The van der Waals surface area contributed by atoms with Gasteiger partial charge in [0.25, 0.3) is 17.7 Å². The number of carbonyl (C=O) groups is 7. The summed E-state index contributed by atoms with van der Waals surface area (Å²) in [5.74, 6) is -8.67. The summed E-state index contributed by atoms with van der Waals surface area (Å²) in [6.07, 6.45) is -0.305. The number of aliphatic hydroxyl groups is 6. The highest BCUT2D eigenvalue weighted by molar-refractivity contribution is 5.95. The summed E-state index contributed by atoms with van der Waals surface area (Å²) < 4.78 is 57.0. The number of amides is 4. The molecule has 0 bridgehead atoms. The van der Waals surface area contributed by atoms with Crippen molar-refractivity contribution in [2.75, 3.05) is 94.9 Å². The molecule has 20 N–H and O–H groups in total. The molecule has 10 aromatic rings. The lowest BCUT2D eigenvalue weighted by Gasteiger charge is -2.40. The van der Waals surface area contributed by atoms with Crippen LogP contribution in [0.1, 0.15) is 171 Å². The average Bonchev–Trinajstić information content (AvgIpc) is 1.61. The molecule has 5 aliphatic heterocycles. The summed E-state index contributed by atoms with van der Waals surface area (Å²) in [6.45, 7) is 35.6. The van der Waals surface area contributed by atoms with Gasteiger partial charge in [-0.25, -0.2) is 57.0 Å². The number of nitrogens with two attached hydrogens (primary N) is 2. The maximum Gasteiger partial charge on any atom is 0.410 e. The van der Waals surface area contributed by atoms with Crippen molar-refractivity contribution in [2.24, 2.45) is 11.5 Å². The molecule has 15 rings (SSSR count). The molecule has 0 spiro atoms. The topological polar surface area (TPSA) is 577 Å². The van der Waals surface area contributed by atoms with Crippen molar-refractivity contribution in [2.45, 2.75) is 272 Å². The fourth-order valence-electron chi connectivity index (χ4n) is 18.0. The summed E-state index contributed by atoms with van der Waals surface area (Å²) in [4.78, 5) is 102. The fraction of sp³-hybridized carbons (Fsp3) is 0.524. The molecule has 0 radical (unpaired) electrons. The third kappa shape index (κ3) is 30.4. The largest absolute Gasteiger partial charge is 0.479 e. The van der Waals surface area contributed by atoms with E-state index in [4.69, 9.17) is 70.9 Å². The number of carboxylic acids is 3. The van der Waals surface area contributed by atoms with Gasteiger partial charge >= 0.3 is 24.0 Å². The minimum atomic E-state index is -2.27. The number of aliphatic hydroxyl groups excluding tert-OH is 6. The van der Waals surface area contributed by atoms with Crippen molar-refractivity contribution in [3.63, 3.8) is 0 Å². The number of rotatable bonds is 35. The van der Waals surface area contributed by atoms with E-state index in [9.17, 15) is 58.4 Å². The number of benzene rings is 4. The number of aromatic nitrogens is 9. The number of pyridine rings is 3. The monoisotopic (exact) mass is 2030 g/mol. The van der Waals surface area contributed by atoms with E-state index in [1.807, 2.05) is 119 Å². The number of anilines is 3. The van der Waals surface area contributed by atoms with Crippen LogP contribution in [-0.2, 0) is 132 Å². The first-order valence-corrected chi connectivity index (χ1v) is 50.0. The molecule has 5 fully saturated rings. The maximum absolute atomic E-state index is 15.1. The highest BCUT2D eigenvalue weighted by Crippen LogP contribution is 2.37. The van der Waals surface area contributed by atoms with Gasteiger partial charge in [-0.1, -0.05) is 69.3 Å². The Bertz CT molecular complexity index is 6050. The third-order valence-corrected chi connectivity index (χ3v) is 25.9. The van der Waals surface area contributed by atoms with Gasteiger partial charge < -0.3 is 118 Å². The summed E-state index contributed by atoms with van der Waals surface area (Å²) >= 11 is 0. The molecule has 0 saturated carbocycles. The van der Waals surface area contributed by atoms with E-state index in [2.05, 4.69) is 89.2 Å². The number of carboxylic acid groups (broad SMARTS) is 3. The molecule has 11 heterocycles. The molecule has 0 unspecified atom stereocenters. The van der Waals surface area contributed by atoms with Gasteiger partial charge in [0.05, 0.1) is 51.8 Å². The Morgan fingerprint density at radius 3 is 1.21 bits per heavy atom. The molecule has 146 heavy (non-hydrogen) atoms. The van der Waals surface area contributed by atoms with Crippen LogP contribution >= 0.6 is 0 Å². The van der Waals surface area contributed by atoms with E-state index >= 15 is 4.39 Å². The molecular weight excluding hydrogens is 1890 g/mol. The van der Waals surface area contributed by atoms with Crippen LogP contribution in [0.2, 0.25) is 0 Å². The van der Waals surface area contributed by atoms with Gasteiger partial charge in [0.15, 0.2) is 53.6 Å². The first-order chi connectivity index (χ1) is 69.9. The predicted molar refractivity (Wildman–Crippen MR) is 544 cm³/mol. The van der Waals surface area contributed by atoms with Gasteiger partial charge in [-0.15, -0.1) is 0 Å². The van der Waals surface area contributed by atoms with E-state index in [0.717, 1.165) is 222 Å². The Morgan fingerprint density at radius 2 is 0.836 bits per heavy atom. The van der Waals surface area contributed by atoms with Crippen LogP contribution in [0.4, 0.5) is 30.6 Å². The Hall–Kier alpha value is -12.5. The van der Waals surface area contributed by atoms with Crippen LogP contribution in [0.5, 0.6) is 0 Å². The standard InChI is InChI=1S/C39H51FN8O5.C24H32FN3O2.C20H29N5O6.C16H25N5O.C4H6O6/c1-4-33-30(34(45-28-11-15-53-16-12-28)31-21-44-48(5-2)37(31)46-33)20-43-39(52)36(50)35(49)38(51)42-19-25-9-10-32(40)29(18-25)27-8-6-7-26(17-27)23-47-14-13-41-24(3)22-47;1-17-15-27(10-11-28(17)23(29)30-24(2,3)4)16-19-6-5-7-20(12-19)21-13-18(14-26)8-9-22(21)25;1-3-14-12(9-21-19(28)16(26)17(27)20(29)30)15(23-11-5-7-31-8-6-11)13-10-22-25(4-2)18(13)24-14;1-3-14-12(9-17)15(19-11-5-7-22-8-6-11)13-10-18-21(4-2)16(13)20-14;5-1(3(7)8)2(6)4(9)10/h6-10,17-18,21,24,28,35-36,41,49-50H,4-5,11-16,19-20,22-23H2,1-3H3,(H,42,51)(H,43,52)(H,45,46);5-9,12-13,17H,10-11,14-16,26H2,1-4H3;10-11,16-17,26-27H,3-9H2,1-2H3,(H,21,28)(H,23,24)(H,29,30);10-11H,3-9,17H2,1-2H3,(H,19,20);1-2,5-6H,(H,7,8)(H,9,10)/t24-,35-,36-;17-;16-,17-;;1-,2-/m000.0/s1. The zero-order valence-electron chi connectivity index (χ0n) is 84.9. The lowest BCUT2D eigenvalue weighted by molar-refractivity contribution is -0.165. The summed E-state index contributed by atoms with van der Waals surface area (Å²) in [5.41, 5.74) is 27.8. The van der Waals surface area contributed by atoms with E-state index in [1.54, 1.807) is 40.2 Å². The van der Waals surface area contributed by atoms with Gasteiger partial charge in [-0.3, -0.25) is 24.2 Å². The molecule has 794 valence electrons. The number of aliphatic carboxylic acids is 3. The normalized spacial score (nSPS) is 17.3. The molecule has 5 saturated heterocycles. The van der Waals surface area contributed by atoms with Crippen LogP contribution in [0.25, 0.3) is 55.4 Å². The average molecular weight is 2030 g/mol. The predicted octanol–water partition coefficient (Wildman–Crippen LogP) is 7.22. The lowest BCUT2D eigenvalue weighted by Crippen LogP contribution is -2.54. The Morgan fingerprint density at radius 1 is 0.466 bits per heavy atom. The molecule has 8 atom stereocenters. The lowest BCUT2D eigenvalue weighted by atomic mass is 10.00. The quantitative estimate of drug-likeness (QED) is 0.0186. The van der Waals surface area contributed by atoms with Gasteiger partial charge in [0.1, 0.15) is 17.2 Å². The minimum Gasteiger partial charge on any atom is -0.479 e. The molecule has 0 aliphatic carbocycles. The number of hydrogen-bond donors (Lipinski definition) is 18. The number of nitrogens with zero attached hydrogens (tertiary/aromatic N) is 12. The van der Waals surface area contributed by atoms with Crippen molar-refractivity contribution >= 4 is 91.9 Å². The SMILES string of the molecule is CCc1nc2c(cnn2CC)c(NC2CCOCC2)c1CN.CCc1nc2c(cnn2CC)c(NC2CCOCC2)c1CNC(=O)[C@@H](O)[C@H](O)C(=O)NCc1ccc(F)c(-c2cccc(CN3CCN[C@@H](C)C3)c2)c1.CCc1nc2c(cnn2CC)c(NC2CCOCC2)c1CNC(=O)[C@@H](O)[C@H](O)C(=O)O.C[C@H]1CN(Cc2cccc(-c3cc(CN)ccc3F)c2)CCN1C(=O)OC(C)(C)C.O=C(O)[C@@H](O)[C@H](O)C(=O)O. The third-order valence-electron chi connectivity index (χ3n) is 25.9. The molecule has 4 aromatic carbocycles. The Balaban J connectivity index is 0.000000188. The van der Waals surface area contributed by atoms with E-state index in [0.29, 0.717) is 101 Å². The van der Waals surface area contributed by atoms with E-state index in [-0.39, 0.29) is 49.7 Å². The number of nitrogens with one attached hydrogen (secondary N) is 7.